The molecule has 3 rings (SSSR count). The van der Waals surface area contributed by atoms with Crippen molar-refractivity contribution in [3.63, 3.8) is 0 Å². The van der Waals surface area contributed by atoms with Gasteiger partial charge in [0.15, 0.2) is 11.4 Å². The number of hydrogen-bond acceptors (Lipinski definition) is 5. The van der Waals surface area contributed by atoms with Crippen molar-refractivity contribution in [1.29, 1.82) is 0 Å². The summed E-state index contributed by atoms with van der Waals surface area (Å²) in [5.74, 6) is -0.214. The number of ketones is 1. The second-order valence-electron chi connectivity index (χ2n) is 5.99. The minimum atomic E-state index is -1.23. The van der Waals surface area contributed by atoms with Gasteiger partial charge in [0.2, 0.25) is 6.29 Å². The second-order valence-corrected chi connectivity index (χ2v) is 5.99. The van der Waals surface area contributed by atoms with Gasteiger partial charge < -0.3 is 14.2 Å². The van der Waals surface area contributed by atoms with Gasteiger partial charge in [-0.2, -0.15) is 0 Å². The molecule has 2 aromatic rings. The van der Waals surface area contributed by atoms with Crippen LogP contribution in [0.4, 0.5) is 4.79 Å². The van der Waals surface area contributed by atoms with Gasteiger partial charge in [-0.15, -0.1) is 0 Å². The Morgan fingerprint density at radius 3 is 2.38 bits per heavy atom. The summed E-state index contributed by atoms with van der Waals surface area (Å²) < 4.78 is 15.6. The third-order valence-electron chi connectivity index (χ3n) is 4.24. The van der Waals surface area contributed by atoms with E-state index < -0.39 is 18.0 Å². The predicted octanol–water partition coefficient (Wildman–Crippen LogP) is 4.22. The Morgan fingerprint density at radius 2 is 1.73 bits per heavy atom. The minimum Gasteiger partial charge on any atom is -0.435 e. The van der Waals surface area contributed by atoms with Crippen molar-refractivity contribution in [2.75, 3.05) is 6.61 Å². The molecule has 0 amide bonds. The maximum absolute atomic E-state index is 12.4. The van der Waals surface area contributed by atoms with Crippen LogP contribution >= 0.6 is 0 Å². The molecule has 2 atom stereocenters. The van der Waals surface area contributed by atoms with E-state index in [9.17, 15) is 9.59 Å². The Labute approximate surface area is 152 Å². The average Bonchev–Trinajstić information content (AvgIpc) is 2.66. The van der Waals surface area contributed by atoms with Crippen LogP contribution < -0.4 is 0 Å². The molecule has 0 unspecified atom stereocenters. The highest BCUT2D eigenvalue weighted by atomic mass is 16.8. The minimum absolute atomic E-state index is 0.201. The summed E-state index contributed by atoms with van der Waals surface area (Å²) >= 11 is 0. The van der Waals surface area contributed by atoms with Gasteiger partial charge in [-0.3, -0.25) is 4.79 Å². The van der Waals surface area contributed by atoms with Gasteiger partial charge in [-0.1, -0.05) is 54.6 Å². The summed E-state index contributed by atoms with van der Waals surface area (Å²) in [6.45, 7) is 3.55. The van der Waals surface area contributed by atoms with Crippen LogP contribution in [0.5, 0.6) is 0 Å². The van der Waals surface area contributed by atoms with Crippen molar-refractivity contribution in [1.82, 2.24) is 0 Å². The molecule has 134 valence electrons. The molecule has 1 heterocycles. The highest BCUT2D eigenvalue weighted by Gasteiger charge is 2.40. The summed E-state index contributed by atoms with van der Waals surface area (Å²) in [7, 11) is 0. The highest BCUT2D eigenvalue weighted by molar-refractivity contribution is 5.98. The molecule has 0 aromatic heterocycles. The number of hydrogen-bond donors (Lipinski definition) is 0. The fraction of sp³-hybridized carbons (Fsp3) is 0.238. The molecule has 0 saturated heterocycles. The molecule has 0 fully saturated rings. The van der Waals surface area contributed by atoms with E-state index in [-0.39, 0.29) is 12.4 Å². The lowest BCUT2D eigenvalue weighted by Crippen LogP contribution is -2.42. The first-order valence-electron chi connectivity index (χ1n) is 8.43. The molecular weight excluding hydrogens is 332 g/mol. The van der Waals surface area contributed by atoms with Gasteiger partial charge in [0.05, 0.1) is 6.61 Å². The van der Waals surface area contributed by atoms with Crippen molar-refractivity contribution in [2.24, 2.45) is 0 Å². The van der Waals surface area contributed by atoms with E-state index in [1.807, 2.05) is 54.6 Å². The second kappa shape index (κ2) is 7.54. The number of carbonyl (C=O) groups is 2. The summed E-state index contributed by atoms with van der Waals surface area (Å²) in [5, 5.41) is 0. The Bertz CT molecular complexity index is 810. The molecule has 0 bridgehead atoms. The van der Waals surface area contributed by atoms with E-state index in [1.165, 1.54) is 12.2 Å². The highest BCUT2D eigenvalue weighted by Crippen LogP contribution is 2.33. The largest absolute Gasteiger partial charge is 0.510 e. The van der Waals surface area contributed by atoms with Crippen LogP contribution in [0.2, 0.25) is 0 Å². The first-order valence-corrected chi connectivity index (χ1v) is 8.43. The van der Waals surface area contributed by atoms with Crippen molar-refractivity contribution >= 4 is 11.9 Å². The van der Waals surface area contributed by atoms with E-state index in [0.29, 0.717) is 5.56 Å². The summed E-state index contributed by atoms with van der Waals surface area (Å²) in [6, 6.07) is 17.5. The lowest BCUT2D eigenvalue weighted by molar-refractivity contribution is -0.182. The third-order valence-corrected chi connectivity index (χ3v) is 4.24. The summed E-state index contributed by atoms with van der Waals surface area (Å²) in [5.41, 5.74) is 1.57. The Morgan fingerprint density at radius 1 is 1.08 bits per heavy atom. The zero-order valence-electron chi connectivity index (χ0n) is 14.7. The van der Waals surface area contributed by atoms with E-state index >= 15 is 0 Å². The van der Waals surface area contributed by atoms with Crippen LogP contribution in [0.1, 0.15) is 19.4 Å². The van der Waals surface area contributed by atoms with Gasteiger partial charge in [-0.25, -0.2) is 4.79 Å². The standard InChI is InChI=1S/C21H20O5/c1-3-24-20(23)25-19-14-13-18(22)21(2,26-19)17-11-9-16(10-12-17)15-7-5-4-6-8-15/h4-14,19H,3H2,1-2H3/t19-,21-/m0/s1. The lowest BCUT2D eigenvalue weighted by Gasteiger charge is -2.33. The van der Waals surface area contributed by atoms with Crippen molar-refractivity contribution < 1.29 is 23.8 Å². The third kappa shape index (κ3) is 3.68. The monoisotopic (exact) mass is 352 g/mol. The van der Waals surface area contributed by atoms with Gasteiger partial charge >= 0.3 is 6.16 Å². The SMILES string of the molecule is CCOC(=O)O[C@@H]1C=CC(=O)[C@](C)(c2ccc(-c3ccccc3)cc2)O1. The Kier molecular flexibility index (Phi) is 5.19. The van der Waals surface area contributed by atoms with Crippen molar-refractivity contribution in [3.05, 3.63) is 72.3 Å². The van der Waals surface area contributed by atoms with Crippen molar-refractivity contribution in [2.45, 2.75) is 25.7 Å². The zero-order valence-corrected chi connectivity index (χ0v) is 14.7. The molecule has 2 aromatic carbocycles. The molecule has 0 radical (unpaired) electrons. The molecule has 0 saturated carbocycles. The molecule has 1 aliphatic heterocycles. The quantitative estimate of drug-likeness (QED) is 0.771. The number of benzene rings is 2. The van der Waals surface area contributed by atoms with Gasteiger partial charge in [-0.05, 0) is 42.7 Å². The number of carbonyl (C=O) groups excluding carboxylic acids is 2. The Hall–Kier alpha value is -2.92. The normalized spacial score (nSPS) is 22.1. The van der Waals surface area contributed by atoms with Crippen molar-refractivity contribution in [3.8, 4) is 11.1 Å². The maximum atomic E-state index is 12.4. The van der Waals surface area contributed by atoms with Crippen LogP contribution in [0.3, 0.4) is 0 Å². The lowest BCUT2D eigenvalue weighted by atomic mass is 9.88. The molecule has 0 spiro atoms. The van der Waals surface area contributed by atoms with Gasteiger partial charge in [0, 0.05) is 0 Å². The first kappa shape index (κ1) is 17.9. The van der Waals surface area contributed by atoms with E-state index in [4.69, 9.17) is 14.2 Å². The molecule has 26 heavy (non-hydrogen) atoms. The van der Waals surface area contributed by atoms with Crippen LogP contribution in [-0.2, 0) is 24.6 Å². The fourth-order valence-corrected chi connectivity index (χ4v) is 2.79. The average molecular weight is 352 g/mol. The van der Waals surface area contributed by atoms with Gasteiger partial charge in [0.25, 0.3) is 0 Å². The number of ether oxygens (including phenoxy) is 3. The van der Waals surface area contributed by atoms with E-state index in [1.54, 1.807) is 13.8 Å². The Balaban J connectivity index is 1.81. The number of rotatable bonds is 4. The fourth-order valence-electron chi connectivity index (χ4n) is 2.79. The van der Waals surface area contributed by atoms with Crippen LogP contribution in [-0.4, -0.2) is 24.8 Å². The topological polar surface area (TPSA) is 61.8 Å². The smallest absolute Gasteiger partial charge is 0.435 e. The van der Waals surface area contributed by atoms with E-state index in [0.717, 1.165) is 11.1 Å². The summed E-state index contributed by atoms with van der Waals surface area (Å²) in [4.78, 5) is 23.9. The predicted molar refractivity (Wildman–Crippen MR) is 96.4 cm³/mol. The molecular formula is C21H20O5. The molecule has 5 nitrogen and oxygen atoms in total. The first-order chi connectivity index (χ1) is 12.5. The maximum Gasteiger partial charge on any atom is 0.510 e. The van der Waals surface area contributed by atoms with Crippen LogP contribution in [0, 0.1) is 0 Å². The molecule has 1 aliphatic rings. The van der Waals surface area contributed by atoms with Crippen LogP contribution in [0.15, 0.2) is 66.7 Å². The molecule has 0 aliphatic carbocycles. The molecule has 5 heteroatoms. The zero-order chi connectivity index (χ0) is 18.6. The van der Waals surface area contributed by atoms with E-state index in [2.05, 4.69) is 0 Å². The summed E-state index contributed by atoms with van der Waals surface area (Å²) in [6.07, 6.45) is 0.960. The van der Waals surface area contributed by atoms with Gasteiger partial charge in [0.1, 0.15) is 0 Å². The molecule has 0 N–H and O–H groups in total. The van der Waals surface area contributed by atoms with Crippen LogP contribution in [0.25, 0.3) is 11.1 Å².